The monoisotopic (exact) mass is 218 g/mol. The van der Waals surface area contributed by atoms with Crippen LogP contribution < -0.4 is 0 Å². The van der Waals surface area contributed by atoms with Gasteiger partial charge in [-0.15, -0.1) is 0 Å². The smallest absolute Gasteiger partial charge is 0.243 e. The number of hydrogen-bond acceptors (Lipinski definition) is 2. The molecular weight excluding hydrogens is 200 g/mol. The fourth-order valence-corrected chi connectivity index (χ4v) is 2.66. The third-order valence-electron chi connectivity index (χ3n) is 3.68. The fraction of sp³-hybridized carbons (Fsp3) is 0.692. The van der Waals surface area contributed by atoms with Crippen LogP contribution in [-0.2, 0) is 4.79 Å². The molecule has 2 rings (SSSR count). The standard InChI is InChI=1S/C13H18N2O/c14-11-13(7-3-1-4-8-13)12(16)15-9-5-2-6-10-15/h2,5H,1,3-4,6-10H2. The van der Waals surface area contributed by atoms with E-state index in [0.717, 1.165) is 45.1 Å². The zero-order valence-electron chi connectivity index (χ0n) is 9.61. The van der Waals surface area contributed by atoms with E-state index in [9.17, 15) is 10.1 Å². The molecule has 0 saturated heterocycles. The van der Waals surface area contributed by atoms with E-state index in [1.54, 1.807) is 0 Å². The highest BCUT2D eigenvalue weighted by Gasteiger charge is 2.42. The predicted octanol–water partition coefficient (Wildman–Crippen LogP) is 2.25. The summed E-state index contributed by atoms with van der Waals surface area (Å²) in [6, 6.07) is 2.30. The molecule has 1 saturated carbocycles. The summed E-state index contributed by atoms with van der Waals surface area (Å²) in [7, 11) is 0. The third-order valence-corrected chi connectivity index (χ3v) is 3.68. The van der Waals surface area contributed by atoms with Gasteiger partial charge >= 0.3 is 0 Å². The zero-order valence-corrected chi connectivity index (χ0v) is 9.61. The first-order chi connectivity index (χ1) is 7.78. The average molecular weight is 218 g/mol. The Hall–Kier alpha value is -1.30. The summed E-state index contributed by atoms with van der Waals surface area (Å²) in [5, 5.41) is 9.33. The molecule has 0 aromatic rings. The number of hydrogen-bond donors (Lipinski definition) is 0. The van der Waals surface area contributed by atoms with Crippen molar-refractivity contribution in [3.63, 3.8) is 0 Å². The van der Waals surface area contributed by atoms with Crippen molar-refractivity contribution in [3.8, 4) is 6.07 Å². The molecule has 1 amide bonds. The topological polar surface area (TPSA) is 44.1 Å². The molecule has 1 heterocycles. The maximum absolute atomic E-state index is 12.4. The molecule has 1 aliphatic heterocycles. The van der Waals surface area contributed by atoms with Crippen molar-refractivity contribution in [2.45, 2.75) is 38.5 Å². The van der Waals surface area contributed by atoms with Crippen LogP contribution in [0.25, 0.3) is 0 Å². The second-order valence-electron chi connectivity index (χ2n) is 4.77. The predicted molar refractivity (Wildman–Crippen MR) is 61.5 cm³/mol. The number of nitrogens with zero attached hydrogens (tertiary/aromatic N) is 2. The molecule has 0 unspecified atom stereocenters. The first kappa shape index (κ1) is 11.2. The molecule has 3 nitrogen and oxygen atoms in total. The molecule has 1 aliphatic carbocycles. The van der Waals surface area contributed by atoms with E-state index in [1.807, 2.05) is 11.0 Å². The Morgan fingerprint density at radius 2 is 2.00 bits per heavy atom. The number of rotatable bonds is 1. The average Bonchev–Trinajstić information content (AvgIpc) is 2.39. The highest BCUT2D eigenvalue weighted by Crippen LogP contribution is 2.37. The maximum Gasteiger partial charge on any atom is 0.243 e. The Balaban J connectivity index is 2.11. The second-order valence-corrected chi connectivity index (χ2v) is 4.77. The van der Waals surface area contributed by atoms with E-state index >= 15 is 0 Å². The summed E-state index contributed by atoms with van der Waals surface area (Å²) < 4.78 is 0. The van der Waals surface area contributed by atoms with Crippen molar-refractivity contribution in [3.05, 3.63) is 12.2 Å². The normalized spacial score (nSPS) is 23.8. The van der Waals surface area contributed by atoms with Gasteiger partial charge in [0.05, 0.1) is 6.07 Å². The van der Waals surface area contributed by atoms with Gasteiger partial charge < -0.3 is 4.90 Å². The van der Waals surface area contributed by atoms with Crippen molar-refractivity contribution in [2.24, 2.45) is 5.41 Å². The van der Waals surface area contributed by atoms with Gasteiger partial charge in [-0.2, -0.15) is 5.26 Å². The highest BCUT2D eigenvalue weighted by molar-refractivity contribution is 5.85. The van der Waals surface area contributed by atoms with Gasteiger partial charge in [-0.1, -0.05) is 31.4 Å². The number of carbonyl (C=O) groups excluding carboxylic acids is 1. The van der Waals surface area contributed by atoms with E-state index in [1.165, 1.54) is 0 Å². The molecule has 0 aromatic heterocycles. The van der Waals surface area contributed by atoms with E-state index in [4.69, 9.17) is 0 Å². The molecule has 0 radical (unpaired) electrons. The van der Waals surface area contributed by atoms with Crippen molar-refractivity contribution >= 4 is 5.91 Å². The van der Waals surface area contributed by atoms with Crippen LogP contribution in [0, 0.1) is 16.7 Å². The largest absolute Gasteiger partial charge is 0.337 e. The van der Waals surface area contributed by atoms with Crippen molar-refractivity contribution in [1.29, 1.82) is 5.26 Å². The minimum absolute atomic E-state index is 0.0686. The number of nitriles is 1. The van der Waals surface area contributed by atoms with Crippen molar-refractivity contribution in [2.75, 3.05) is 13.1 Å². The molecule has 0 N–H and O–H groups in total. The van der Waals surface area contributed by atoms with Gasteiger partial charge in [0.1, 0.15) is 5.41 Å². The van der Waals surface area contributed by atoms with Crippen LogP contribution >= 0.6 is 0 Å². The van der Waals surface area contributed by atoms with Gasteiger partial charge in [-0.25, -0.2) is 0 Å². The highest BCUT2D eigenvalue weighted by atomic mass is 16.2. The fourth-order valence-electron chi connectivity index (χ4n) is 2.66. The van der Waals surface area contributed by atoms with Gasteiger partial charge in [0, 0.05) is 13.1 Å². The van der Waals surface area contributed by atoms with Gasteiger partial charge in [0.25, 0.3) is 0 Å². The number of carbonyl (C=O) groups is 1. The second kappa shape index (κ2) is 4.69. The summed E-state index contributed by atoms with van der Waals surface area (Å²) in [6.45, 7) is 1.46. The van der Waals surface area contributed by atoms with Crippen LogP contribution in [0.15, 0.2) is 12.2 Å². The first-order valence-electron chi connectivity index (χ1n) is 6.14. The first-order valence-corrected chi connectivity index (χ1v) is 6.14. The van der Waals surface area contributed by atoms with Gasteiger partial charge in [0.2, 0.25) is 5.91 Å². The van der Waals surface area contributed by atoms with Crippen LogP contribution in [0.3, 0.4) is 0 Å². The lowest BCUT2D eigenvalue weighted by Gasteiger charge is -2.35. The maximum atomic E-state index is 12.4. The van der Waals surface area contributed by atoms with Crippen LogP contribution in [0.2, 0.25) is 0 Å². The minimum Gasteiger partial charge on any atom is -0.337 e. The Kier molecular flexibility index (Phi) is 3.28. The van der Waals surface area contributed by atoms with Crippen molar-refractivity contribution < 1.29 is 4.79 Å². The molecule has 3 heteroatoms. The summed E-state index contributed by atoms with van der Waals surface area (Å²) in [5.41, 5.74) is -0.705. The van der Waals surface area contributed by atoms with Gasteiger partial charge in [-0.05, 0) is 19.3 Å². The molecule has 0 atom stereocenters. The summed E-state index contributed by atoms with van der Waals surface area (Å²) in [6.07, 6.45) is 9.75. The van der Waals surface area contributed by atoms with E-state index in [2.05, 4.69) is 12.1 Å². The van der Waals surface area contributed by atoms with E-state index < -0.39 is 5.41 Å². The molecule has 1 fully saturated rings. The van der Waals surface area contributed by atoms with Crippen molar-refractivity contribution in [1.82, 2.24) is 4.90 Å². The molecule has 16 heavy (non-hydrogen) atoms. The summed E-state index contributed by atoms with van der Waals surface area (Å²) in [4.78, 5) is 14.2. The molecular formula is C13H18N2O. The zero-order chi connectivity index (χ0) is 11.4. The summed E-state index contributed by atoms with van der Waals surface area (Å²) in [5.74, 6) is 0.0686. The SMILES string of the molecule is N#CC1(C(=O)N2CC=CCC2)CCCCC1. The van der Waals surface area contributed by atoms with E-state index in [0.29, 0.717) is 6.54 Å². The molecule has 2 aliphatic rings. The lowest BCUT2D eigenvalue weighted by atomic mass is 9.74. The quantitative estimate of drug-likeness (QED) is 0.633. The van der Waals surface area contributed by atoms with Gasteiger partial charge in [0.15, 0.2) is 0 Å². The van der Waals surface area contributed by atoms with Crippen LogP contribution in [0.1, 0.15) is 38.5 Å². The molecule has 0 aromatic carbocycles. The molecule has 0 bridgehead atoms. The van der Waals surface area contributed by atoms with Gasteiger partial charge in [-0.3, -0.25) is 4.79 Å². The lowest BCUT2D eigenvalue weighted by Crippen LogP contribution is -2.45. The van der Waals surface area contributed by atoms with E-state index in [-0.39, 0.29) is 5.91 Å². The molecule has 0 spiro atoms. The Bertz CT molecular complexity index is 334. The lowest BCUT2D eigenvalue weighted by molar-refractivity contribution is -0.140. The summed E-state index contributed by atoms with van der Waals surface area (Å²) >= 11 is 0. The van der Waals surface area contributed by atoms with Crippen LogP contribution in [0.5, 0.6) is 0 Å². The van der Waals surface area contributed by atoms with Crippen LogP contribution in [-0.4, -0.2) is 23.9 Å². The van der Waals surface area contributed by atoms with Crippen LogP contribution in [0.4, 0.5) is 0 Å². The Morgan fingerprint density at radius 1 is 1.25 bits per heavy atom. The Morgan fingerprint density at radius 3 is 2.56 bits per heavy atom. The minimum atomic E-state index is -0.705. The number of amides is 1. The Labute approximate surface area is 96.7 Å². The third kappa shape index (κ3) is 1.97. The molecule has 86 valence electrons.